The quantitative estimate of drug-likeness (QED) is 0.648. The number of rotatable bonds is 7. The van der Waals surface area contributed by atoms with Gasteiger partial charge in [0.05, 0.1) is 6.54 Å². The molecule has 0 N–H and O–H groups in total. The molecule has 0 unspecified atom stereocenters. The lowest BCUT2D eigenvalue weighted by atomic mass is 10.1. The van der Waals surface area contributed by atoms with Gasteiger partial charge in [-0.05, 0) is 36.6 Å². The summed E-state index contributed by atoms with van der Waals surface area (Å²) in [5, 5.41) is 0.770. The third-order valence-corrected chi connectivity index (χ3v) is 5.31. The normalized spacial score (nSPS) is 14.6. The highest BCUT2D eigenvalue weighted by Gasteiger charge is 2.27. The van der Waals surface area contributed by atoms with Crippen LogP contribution in [-0.4, -0.2) is 21.9 Å². The maximum Gasteiger partial charge on any atom is 0.226 e. The van der Waals surface area contributed by atoms with Crippen LogP contribution >= 0.6 is 11.6 Å². The van der Waals surface area contributed by atoms with E-state index >= 15 is 0 Å². The molecule has 1 amide bonds. The van der Waals surface area contributed by atoms with Crippen LogP contribution in [0.5, 0.6) is 0 Å². The number of hydrogen-bond acceptors (Lipinski definition) is 1. The van der Waals surface area contributed by atoms with Gasteiger partial charge in [0.2, 0.25) is 5.91 Å². The molecule has 3 rings (SSSR count). The summed E-state index contributed by atoms with van der Waals surface area (Å²) in [4.78, 5) is 14.8. The van der Waals surface area contributed by atoms with Crippen LogP contribution in [0.4, 0.5) is 0 Å². The van der Waals surface area contributed by atoms with E-state index in [4.69, 9.17) is 11.6 Å². The second-order valence-corrected chi connectivity index (χ2v) is 7.11. The number of benzene rings is 1. The maximum absolute atomic E-state index is 12.8. The number of carbonyl (C=O) groups excluding carboxylic acids is 1. The summed E-state index contributed by atoms with van der Waals surface area (Å²) in [6.07, 6.45) is 8.24. The Labute approximate surface area is 154 Å². The van der Waals surface area contributed by atoms with Crippen molar-refractivity contribution in [2.24, 2.45) is 5.92 Å². The molecular formula is C21H25ClN2O. The first-order chi connectivity index (χ1) is 12.2. The minimum atomic E-state index is 0.187. The Bertz CT molecular complexity index is 731. The van der Waals surface area contributed by atoms with Crippen molar-refractivity contribution < 1.29 is 4.79 Å². The summed E-state index contributed by atoms with van der Waals surface area (Å²) in [7, 11) is 0. The monoisotopic (exact) mass is 356 g/mol. The Morgan fingerprint density at radius 3 is 2.72 bits per heavy atom. The van der Waals surface area contributed by atoms with Gasteiger partial charge in [-0.1, -0.05) is 48.7 Å². The summed E-state index contributed by atoms with van der Waals surface area (Å²) in [6.45, 7) is 5.73. The number of nitrogens with zero attached hydrogens (tertiary/aromatic N) is 2. The van der Waals surface area contributed by atoms with Crippen LogP contribution in [0.1, 0.15) is 36.9 Å². The lowest BCUT2D eigenvalue weighted by molar-refractivity contribution is -0.135. The minimum absolute atomic E-state index is 0.187. The van der Waals surface area contributed by atoms with Gasteiger partial charge >= 0.3 is 0 Å². The third kappa shape index (κ3) is 4.35. The van der Waals surface area contributed by atoms with E-state index in [-0.39, 0.29) is 11.8 Å². The number of amides is 1. The van der Waals surface area contributed by atoms with Gasteiger partial charge < -0.3 is 9.47 Å². The summed E-state index contributed by atoms with van der Waals surface area (Å²) < 4.78 is 2.17. The molecule has 25 heavy (non-hydrogen) atoms. The molecule has 1 aromatic carbocycles. The molecule has 2 aromatic rings. The first-order valence-electron chi connectivity index (χ1n) is 8.96. The van der Waals surface area contributed by atoms with Gasteiger partial charge in [0.25, 0.3) is 0 Å². The summed E-state index contributed by atoms with van der Waals surface area (Å²) >= 11 is 6.29. The third-order valence-electron chi connectivity index (χ3n) is 4.94. The molecule has 1 aliphatic carbocycles. The highest BCUT2D eigenvalue weighted by atomic mass is 35.5. The van der Waals surface area contributed by atoms with Crippen molar-refractivity contribution in [2.45, 2.75) is 38.8 Å². The molecule has 0 atom stereocenters. The predicted molar refractivity (Wildman–Crippen MR) is 103 cm³/mol. The highest BCUT2D eigenvalue weighted by Crippen LogP contribution is 2.27. The van der Waals surface area contributed by atoms with Crippen molar-refractivity contribution in [3.05, 3.63) is 71.5 Å². The second kappa shape index (κ2) is 8.39. The van der Waals surface area contributed by atoms with Gasteiger partial charge in [-0.2, -0.15) is 0 Å². The molecule has 1 aromatic heterocycles. The van der Waals surface area contributed by atoms with E-state index in [1.165, 1.54) is 12.8 Å². The van der Waals surface area contributed by atoms with Crippen molar-refractivity contribution >= 4 is 17.5 Å². The van der Waals surface area contributed by atoms with E-state index in [1.54, 1.807) is 0 Å². The standard InChI is InChI=1S/C21H25ClN2O/c1-2-13-24(21(25)17-8-3-4-9-17)16-19-11-7-14-23(19)15-18-10-5-6-12-20(18)22/h2,5-7,10-12,14,17H,1,3-4,8-9,13,15-16H2. The Morgan fingerprint density at radius 2 is 2.00 bits per heavy atom. The van der Waals surface area contributed by atoms with Gasteiger partial charge in [0.15, 0.2) is 0 Å². The molecule has 0 aliphatic heterocycles. The van der Waals surface area contributed by atoms with Gasteiger partial charge in [-0.3, -0.25) is 4.79 Å². The van der Waals surface area contributed by atoms with E-state index in [9.17, 15) is 4.79 Å². The average Bonchev–Trinajstić information content (AvgIpc) is 3.28. The fourth-order valence-electron chi connectivity index (χ4n) is 3.57. The number of aromatic nitrogens is 1. The first-order valence-corrected chi connectivity index (χ1v) is 9.34. The second-order valence-electron chi connectivity index (χ2n) is 6.71. The molecule has 0 bridgehead atoms. The highest BCUT2D eigenvalue weighted by molar-refractivity contribution is 6.31. The van der Waals surface area contributed by atoms with E-state index < -0.39 is 0 Å². The first kappa shape index (κ1) is 17.8. The van der Waals surface area contributed by atoms with Crippen LogP contribution in [0.2, 0.25) is 5.02 Å². The molecule has 0 radical (unpaired) electrons. The van der Waals surface area contributed by atoms with Crippen molar-refractivity contribution in [1.29, 1.82) is 0 Å². The smallest absolute Gasteiger partial charge is 0.226 e. The van der Waals surface area contributed by atoms with Crippen LogP contribution in [-0.2, 0) is 17.9 Å². The Morgan fingerprint density at radius 1 is 1.24 bits per heavy atom. The van der Waals surface area contributed by atoms with Crippen molar-refractivity contribution in [2.75, 3.05) is 6.54 Å². The summed E-state index contributed by atoms with van der Waals surface area (Å²) in [5.41, 5.74) is 2.20. The van der Waals surface area contributed by atoms with Crippen LogP contribution in [0.25, 0.3) is 0 Å². The van der Waals surface area contributed by atoms with Gasteiger partial charge in [-0.25, -0.2) is 0 Å². The SMILES string of the molecule is C=CCN(Cc1cccn1Cc1ccccc1Cl)C(=O)C1CCCC1. The predicted octanol–water partition coefficient (Wildman–Crippen LogP) is 4.89. The van der Waals surface area contributed by atoms with Crippen LogP contribution in [0, 0.1) is 5.92 Å². The fraction of sp³-hybridized carbons (Fsp3) is 0.381. The molecule has 0 spiro atoms. The van der Waals surface area contributed by atoms with Crippen LogP contribution in [0.3, 0.4) is 0 Å². The molecular weight excluding hydrogens is 332 g/mol. The summed E-state index contributed by atoms with van der Waals surface area (Å²) in [5.74, 6) is 0.454. The topological polar surface area (TPSA) is 25.2 Å². The van der Waals surface area contributed by atoms with Gasteiger partial charge in [0.1, 0.15) is 0 Å². The number of hydrogen-bond donors (Lipinski definition) is 0. The maximum atomic E-state index is 12.8. The van der Waals surface area contributed by atoms with E-state index in [1.807, 2.05) is 47.5 Å². The van der Waals surface area contributed by atoms with E-state index in [0.29, 0.717) is 19.6 Å². The molecule has 4 heteroatoms. The van der Waals surface area contributed by atoms with Gasteiger partial charge in [-0.15, -0.1) is 6.58 Å². The van der Waals surface area contributed by atoms with Crippen molar-refractivity contribution in [3.8, 4) is 0 Å². The molecule has 1 aliphatic rings. The zero-order chi connectivity index (χ0) is 17.6. The molecule has 3 nitrogen and oxygen atoms in total. The molecule has 0 saturated heterocycles. The largest absolute Gasteiger partial charge is 0.345 e. The zero-order valence-electron chi connectivity index (χ0n) is 14.5. The van der Waals surface area contributed by atoms with E-state index in [2.05, 4.69) is 17.2 Å². The molecule has 1 saturated carbocycles. The van der Waals surface area contributed by atoms with Gasteiger partial charge in [0, 0.05) is 35.9 Å². The lowest BCUT2D eigenvalue weighted by Gasteiger charge is -2.25. The fourth-order valence-corrected chi connectivity index (χ4v) is 3.77. The Hall–Kier alpha value is -2.00. The number of carbonyl (C=O) groups is 1. The Kier molecular flexibility index (Phi) is 5.98. The van der Waals surface area contributed by atoms with E-state index in [0.717, 1.165) is 29.1 Å². The summed E-state index contributed by atoms with van der Waals surface area (Å²) in [6, 6.07) is 12.0. The van der Waals surface area contributed by atoms with Crippen molar-refractivity contribution in [1.82, 2.24) is 9.47 Å². The van der Waals surface area contributed by atoms with Crippen LogP contribution < -0.4 is 0 Å². The lowest BCUT2D eigenvalue weighted by Crippen LogP contribution is -2.35. The molecule has 1 fully saturated rings. The zero-order valence-corrected chi connectivity index (χ0v) is 15.3. The van der Waals surface area contributed by atoms with Crippen LogP contribution in [0.15, 0.2) is 55.3 Å². The molecule has 132 valence electrons. The minimum Gasteiger partial charge on any atom is -0.345 e. The number of halogens is 1. The van der Waals surface area contributed by atoms with Crippen molar-refractivity contribution in [3.63, 3.8) is 0 Å². The molecule has 1 heterocycles. The Balaban J connectivity index is 1.74. The average molecular weight is 357 g/mol.